The van der Waals surface area contributed by atoms with Crippen LogP contribution in [0.3, 0.4) is 0 Å². The molecule has 0 spiro atoms. The first-order valence-corrected chi connectivity index (χ1v) is 8.21. The number of likely N-dealkylation sites (tertiary alicyclic amines) is 1. The molecule has 1 aromatic heterocycles. The van der Waals surface area contributed by atoms with Crippen molar-refractivity contribution in [3.8, 4) is 5.88 Å². The van der Waals surface area contributed by atoms with Crippen LogP contribution in [0.15, 0.2) is 18.3 Å². The molecule has 0 radical (unpaired) electrons. The summed E-state index contributed by atoms with van der Waals surface area (Å²) in [4.78, 5) is 18.8. The summed E-state index contributed by atoms with van der Waals surface area (Å²) < 4.78 is 5.20. The number of nitrogens with zero attached hydrogens (tertiary/aromatic N) is 2. The Bertz CT molecular complexity index is 453. The van der Waals surface area contributed by atoms with Crippen molar-refractivity contribution in [3.63, 3.8) is 0 Å². The van der Waals surface area contributed by atoms with Gasteiger partial charge in [0.1, 0.15) is 5.56 Å². The number of aromatic nitrogens is 1. The molecular weight excluding hydrogens is 272 g/mol. The lowest BCUT2D eigenvalue weighted by Crippen LogP contribution is -2.35. The second-order valence-corrected chi connectivity index (χ2v) is 6.46. The molecule has 1 amide bonds. The predicted octanol–water partition coefficient (Wildman–Crippen LogP) is 2.84. The number of ether oxygens (including phenoxy) is 1. The molecular formula is C15H22N2O2S. The summed E-state index contributed by atoms with van der Waals surface area (Å²) in [6, 6.07) is 3.58. The van der Waals surface area contributed by atoms with Crippen LogP contribution in [0.25, 0.3) is 0 Å². The van der Waals surface area contributed by atoms with Crippen molar-refractivity contribution in [2.75, 3.05) is 26.0 Å². The summed E-state index contributed by atoms with van der Waals surface area (Å²) in [7, 11) is 1.55. The molecule has 0 bridgehead atoms. The Kier molecular flexibility index (Phi) is 5.71. The van der Waals surface area contributed by atoms with Crippen molar-refractivity contribution < 1.29 is 9.53 Å². The van der Waals surface area contributed by atoms with E-state index in [-0.39, 0.29) is 5.91 Å². The Morgan fingerprint density at radius 2 is 2.40 bits per heavy atom. The SMILES string of the molecule is CCS[C@H]1CCCCN(C(=O)c2cccnc2OC)C1. The van der Waals surface area contributed by atoms with Crippen LogP contribution in [0.1, 0.15) is 36.5 Å². The van der Waals surface area contributed by atoms with Crippen molar-refractivity contribution in [2.45, 2.75) is 31.4 Å². The summed E-state index contributed by atoms with van der Waals surface area (Å²) in [5.74, 6) is 1.56. The van der Waals surface area contributed by atoms with Gasteiger partial charge in [-0.25, -0.2) is 4.98 Å². The predicted molar refractivity (Wildman–Crippen MR) is 82.5 cm³/mol. The van der Waals surface area contributed by atoms with Crippen LogP contribution in [0.2, 0.25) is 0 Å². The van der Waals surface area contributed by atoms with Crippen molar-refractivity contribution >= 4 is 17.7 Å². The molecule has 5 heteroatoms. The Labute approximate surface area is 124 Å². The van der Waals surface area contributed by atoms with E-state index in [2.05, 4.69) is 11.9 Å². The average Bonchev–Trinajstić information content (AvgIpc) is 2.72. The minimum Gasteiger partial charge on any atom is -0.480 e. The zero-order valence-corrected chi connectivity index (χ0v) is 13.0. The van der Waals surface area contributed by atoms with Gasteiger partial charge in [0.15, 0.2) is 0 Å². The van der Waals surface area contributed by atoms with E-state index in [4.69, 9.17) is 4.74 Å². The van der Waals surface area contributed by atoms with Crippen molar-refractivity contribution in [1.29, 1.82) is 0 Å². The number of carbonyl (C=O) groups excluding carboxylic acids is 1. The van der Waals surface area contributed by atoms with E-state index in [1.807, 2.05) is 16.7 Å². The highest BCUT2D eigenvalue weighted by Crippen LogP contribution is 2.24. The van der Waals surface area contributed by atoms with Crippen LogP contribution in [0.5, 0.6) is 5.88 Å². The highest BCUT2D eigenvalue weighted by atomic mass is 32.2. The van der Waals surface area contributed by atoms with Crippen LogP contribution in [0, 0.1) is 0 Å². The van der Waals surface area contributed by atoms with Crippen molar-refractivity contribution in [1.82, 2.24) is 9.88 Å². The maximum absolute atomic E-state index is 12.7. The molecule has 0 unspecified atom stereocenters. The molecule has 1 aromatic rings. The molecule has 2 rings (SSSR count). The number of carbonyl (C=O) groups is 1. The third-order valence-electron chi connectivity index (χ3n) is 3.51. The van der Waals surface area contributed by atoms with E-state index in [1.165, 1.54) is 12.8 Å². The zero-order chi connectivity index (χ0) is 14.4. The fourth-order valence-electron chi connectivity index (χ4n) is 2.55. The lowest BCUT2D eigenvalue weighted by Gasteiger charge is -2.24. The summed E-state index contributed by atoms with van der Waals surface area (Å²) in [5, 5.41) is 0.550. The van der Waals surface area contributed by atoms with Gasteiger partial charge in [0, 0.05) is 24.5 Å². The lowest BCUT2D eigenvalue weighted by molar-refractivity contribution is 0.0759. The van der Waals surface area contributed by atoms with E-state index in [1.54, 1.807) is 25.4 Å². The minimum absolute atomic E-state index is 0.0403. The molecule has 1 atom stereocenters. The second-order valence-electron chi connectivity index (χ2n) is 4.88. The molecule has 0 aromatic carbocycles. The number of rotatable bonds is 4. The van der Waals surface area contributed by atoms with Gasteiger partial charge in [-0.3, -0.25) is 4.79 Å². The Morgan fingerprint density at radius 1 is 1.55 bits per heavy atom. The van der Waals surface area contributed by atoms with Gasteiger partial charge in [0.2, 0.25) is 5.88 Å². The summed E-state index contributed by atoms with van der Waals surface area (Å²) in [6.45, 7) is 3.83. The molecule has 1 saturated heterocycles. The van der Waals surface area contributed by atoms with Gasteiger partial charge in [-0.2, -0.15) is 11.8 Å². The van der Waals surface area contributed by atoms with Gasteiger partial charge in [-0.1, -0.05) is 13.3 Å². The standard InChI is InChI=1S/C15H22N2O2S/c1-3-20-12-7-4-5-10-17(11-12)15(18)13-8-6-9-16-14(13)19-2/h6,8-9,12H,3-5,7,10-11H2,1-2H3/t12-/m0/s1. The number of hydrogen-bond acceptors (Lipinski definition) is 4. The number of methoxy groups -OCH3 is 1. The quantitative estimate of drug-likeness (QED) is 0.856. The maximum Gasteiger partial charge on any atom is 0.259 e. The molecule has 20 heavy (non-hydrogen) atoms. The average molecular weight is 294 g/mol. The molecule has 1 fully saturated rings. The zero-order valence-electron chi connectivity index (χ0n) is 12.2. The van der Waals surface area contributed by atoms with Gasteiger partial charge < -0.3 is 9.64 Å². The summed E-state index contributed by atoms with van der Waals surface area (Å²) >= 11 is 1.95. The van der Waals surface area contributed by atoms with Gasteiger partial charge in [-0.05, 0) is 30.7 Å². The topological polar surface area (TPSA) is 42.4 Å². The summed E-state index contributed by atoms with van der Waals surface area (Å²) in [5.41, 5.74) is 0.567. The number of thioether (sulfide) groups is 1. The lowest BCUT2D eigenvalue weighted by atomic mass is 10.2. The van der Waals surface area contributed by atoms with Crippen molar-refractivity contribution in [3.05, 3.63) is 23.9 Å². The van der Waals surface area contributed by atoms with E-state index >= 15 is 0 Å². The highest BCUT2D eigenvalue weighted by Gasteiger charge is 2.25. The molecule has 0 aliphatic carbocycles. The molecule has 4 nitrogen and oxygen atoms in total. The number of pyridine rings is 1. The number of amides is 1. The third kappa shape index (κ3) is 3.66. The van der Waals surface area contributed by atoms with E-state index in [9.17, 15) is 4.79 Å². The first-order chi connectivity index (χ1) is 9.76. The van der Waals surface area contributed by atoms with E-state index in [0.29, 0.717) is 16.7 Å². The van der Waals surface area contributed by atoms with Crippen LogP contribution >= 0.6 is 11.8 Å². The first-order valence-electron chi connectivity index (χ1n) is 7.16. The molecule has 0 saturated carbocycles. The smallest absolute Gasteiger partial charge is 0.259 e. The normalized spacial score (nSPS) is 19.5. The van der Waals surface area contributed by atoms with Crippen LogP contribution < -0.4 is 4.74 Å². The maximum atomic E-state index is 12.7. The first kappa shape index (κ1) is 15.2. The molecule has 110 valence electrons. The Hall–Kier alpha value is -1.23. The van der Waals surface area contributed by atoms with Crippen molar-refractivity contribution in [2.24, 2.45) is 0 Å². The van der Waals surface area contributed by atoms with Gasteiger partial charge in [0.25, 0.3) is 5.91 Å². The summed E-state index contributed by atoms with van der Waals surface area (Å²) in [6.07, 6.45) is 5.13. The Balaban J connectivity index is 2.14. The molecule has 1 aliphatic heterocycles. The molecule has 1 aliphatic rings. The third-order valence-corrected chi connectivity index (χ3v) is 4.70. The van der Waals surface area contributed by atoms with E-state index < -0.39 is 0 Å². The van der Waals surface area contributed by atoms with Gasteiger partial charge in [-0.15, -0.1) is 0 Å². The second kappa shape index (κ2) is 7.53. The monoisotopic (exact) mass is 294 g/mol. The fraction of sp³-hybridized carbons (Fsp3) is 0.600. The van der Waals surface area contributed by atoms with Crippen LogP contribution in [0.4, 0.5) is 0 Å². The van der Waals surface area contributed by atoms with Gasteiger partial charge in [0.05, 0.1) is 7.11 Å². The largest absolute Gasteiger partial charge is 0.480 e. The Morgan fingerprint density at radius 3 is 3.15 bits per heavy atom. The van der Waals surface area contributed by atoms with Gasteiger partial charge >= 0.3 is 0 Å². The van der Waals surface area contributed by atoms with Crippen LogP contribution in [-0.2, 0) is 0 Å². The number of hydrogen-bond donors (Lipinski definition) is 0. The fourth-order valence-corrected chi connectivity index (χ4v) is 3.64. The highest BCUT2D eigenvalue weighted by molar-refractivity contribution is 7.99. The minimum atomic E-state index is 0.0403. The van der Waals surface area contributed by atoms with E-state index in [0.717, 1.165) is 25.3 Å². The van der Waals surface area contributed by atoms with Crippen LogP contribution in [-0.4, -0.2) is 47.0 Å². The molecule has 0 N–H and O–H groups in total. The molecule has 2 heterocycles.